The average molecular weight is 1130 g/mol. The van der Waals surface area contributed by atoms with Gasteiger partial charge in [-0.2, -0.15) is 0 Å². The maximum Gasteiger partial charge on any atom is 0.364 e. The predicted molar refractivity (Wildman–Crippen MR) is 245 cm³/mol. The highest BCUT2D eigenvalue weighted by Crippen LogP contribution is 2.41. The summed E-state index contributed by atoms with van der Waals surface area (Å²) < 4.78 is 59.1. The van der Waals surface area contributed by atoms with Crippen molar-refractivity contribution in [3.05, 3.63) is 0 Å². The van der Waals surface area contributed by atoms with Crippen LogP contribution in [0.15, 0.2) is 0 Å². The fourth-order valence-corrected chi connectivity index (χ4v) is 9.68. The van der Waals surface area contributed by atoms with E-state index in [4.69, 9.17) is 53.1 Å². The highest BCUT2D eigenvalue weighted by Gasteiger charge is 2.62. The first-order valence-corrected chi connectivity index (χ1v) is 24.9. The second kappa shape index (κ2) is 29.0. The van der Waals surface area contributed by atoms with Gasteiger partial charge in [0.2, 0.25) is 17.7 Å². The zero-order valence-corrected chi connectivity index (χ0v) is 42.2. The van der Waals surface area contributed by atoms with Crippen molar-refractivity contribution in [3.63, 3.8) is 0 Å². The molecular weight excluding hydrogens is 1050 g/mol. The number of ether oxygens (including phenoxy) is 10. The number of carboxylic acids is 1. The number of unbranched alkanes of at least 4 members (excludes halogenated alkanes) is 2. The van der Waals surface area contributed by atoms with Crippen LogP contribution in [0.4, 0.5) is 0 Å². The summed E-state index contributed by atoms with van der Waals surface area (Å²) in [5, 5.41) is 171. The summed E-state index contributed by atoms with van der Waals surface area (Å²) in [5.74, 6) is -8.05. The zero-order valence-electron chi connectivity index (χ0n) is 42.2. The van der Waals surface area contributed by atoms with Gasteiger partial charge in [0.15, 0.2) is 25.2 Å². The minimum atomic E-state index is -3.33. The Morgan fingerprint density at radius 3 is 1.60 bits per heavy atom. The Morgan fingerprint density at radius 2 is 1.05 bits per heavy atom. The number of carbonyl (C=O) groups excluding carboxylic acids is 3. The quantitative estimate of drug-likeness (QED) is 0.0378. The van der Waals surface area contributed by atoms with Crippen LogP contribution >= 0.6 is 0 Å². The Kier molecular flexibility index (Phi) is 24.4. The maximum atomic E-state index is 13.5. The summed E-state index contributed by atoms with van der Waals surface area (Å²) in [6, 6.07) is -5.32. The first-order chi connectivity index (χ1) is 36.4. The van der Waals surface area contributed by atoms with Crippen LogP contribution in [0.2, 0.25) is 0 Å². The summed E-state index contributed by atoms with van der Waals surface area (Å²) in [6.07, 6.45) is -43.4. The lowest BCUT2D eigenvalue weighted by Crippen LogP contribution is -2.72. The fourth-order valence-electron chi connectivity index (χ4n) is 9.68. The third-order valence-corrected chi connectivity index (χ3v) is 13.6. The van der Waals surface area contributed by atoms with Crippen molar-refractivity contribution in [2.45, 2.75) is 205 Å². The Labute approximate surface area is 439 Å². The van der Waals surface area contributed by atoms with Gasteiger partial charge in [0, 0.05) is 33.8 Å². The van der Waals surface area contributed by atoms with E-state index in [-0.39, 0.29) is 6.61 Å². The Morgan fingerprint density at radius 1 is 0.571 bits per heavy atom. The lowest BCUT2D eigenvalue weighted by molar-refractivity contribution is -0.399. The van der Waals surface area contributed by atoms with Crippen LogP contribution in [0.25, 0.3) is 0 Å². The molecular formula is C44H76N4O29. The summed E-state index contributed by atoms with van der Waals surface area (Å²) in [7, 11) is 0. The smallest absolute Gasteiger partial charge is 0.364 e. The molecule has 26 atom stereocenters. The largest absolute Gasteiger partial charge is 0.477 e. The number of aliphatic hydroxyl groups excluding tert-OH is 14. The molecule has 5 aliphatic heterocycles. The van der Waals surface area contributed by atoms with Crippen LogP contribution in [0, 0.1) is 0 Å². The van der Waals surface area contributed by atoms with Gasteiger partial charge in [-0.05, 0) is 25.8 Å². The van der Waals surface area contributed by atoms with Gasteiger partial charge in [0.1, 0.15) is 116 Å². The molecule has 0 spiro atoms. The predicted octanol–water partition coefficient (Wildman–Crippen LogP) is -11.1. The minimum absolute atomic E-state index is 0.0199. The van der Waals surface area contributed by atoms with Crippen molar-refractivity contribution < 1.29 is 143 Å². The Hall–Kier alpha value is -3.12. The van der Waals surface area contributed by atoms with Gasteiger partial charge in [-0.15, -0.1) is 0 Å². The van der Waals surface area contributed by atoms with E-state index in [1.54, 1.807) is 0 Å². The molecule has 446 valence electrons. The SMILES string of the molecule is CC(=O)N[C@@H]1C(O[C@H]2C(CO)O[C@@H](O[C@H]3[C@H](O)C(CO)OC(OC4[C@H](O)C(OCCCCCN)OC(CO)[C@@H]4O)[C@H]3NC(C)=O)[C@@H](O)C2O[C@@]2(C(=O)O)C[C@H](O)[C@H](NC(C)=O)C([C@H](O)[C@H](O)CO)O2)OC(CO)[C@H](O)[C@@H]1O. The first kappa shape index (κ1) is 64.7. The van der Waals surface area contributed by atoms with Crippen molar-refractivity contribution in [1.82, 2.24) is 16.0 Å². The molecule has 10 unspecified atom stereocenters. The van der Waals surface area contributed by atoms with Crippen LogP contribution in [0.5, 0.6) is 0 Å². The molecule has 33 nitrogen and oxygen atoms in total. The lowest BCUT2D eigenvalue weighted by atomic mass is 9.88. The third kappa shape index (κ3) is 15.3. The number of aliphatic carboxylic acids is 1. The van der Waals surface area contributed by atoms with Gasteiger partial charge < -0.3 is 146 Å². The van der Waals surface area contributed by atoms with E-state index in [9.17, 15) is 95.8 Å². The standard InChI is InChI=1S/C44H76N4O29/c1-15(54)46-24-18(57)9-44(43(66)67,76-36(24)27(59)19(58)10-49)77-38-33(65)42(72-23(14-53)34(38)73-39-25(47-16(2)55)31(63)28(60)20(11-50)69-39)74-35-26(48-17(3)56)40(70-21(12-51)29(35)61)75-37-30(62)22(13-52)71-41(32(37)64)68-8-6-4-5-7-45/h18-42,49-53,57-65H,4-14,45H2,1-3H3,(H,46,54)(H,47,55)(H,48,56)(H,66,67)/t18-,19+,20?,21?,22?,23?,24-,25-,26-,27+,28-,29+,30-,31+,32-,33-,34-,35+,36?,37?,38?,39?,40?,41?,42-,44+/m0/s1. The van der Waals surface area contributed by atoms with Crippen molar-refractivity contribution in [2.75, 3.05) is 46.2 Å². The Balaban J connectivity index is 1.59. The molecule has 20 N–H and O–H groups in total. The summed E-state index contributed by atoms with van der Waals surface area (Å²) in [5.41, 5.74) is 5.56. The molecule has 0 saturated carbocycles. The average Bonchev–Trinajstić information content (AvgIpc) is 3.38. The molecule has 5 aliphatic rings. The topological polar surface area (TPSA) is 526 Å². The van der Waals surface area contributed by atoms with E-state index >= 15 is 0 Å². The molecule has 5 rings (SSSR count). The number of hydrogen-bond donors (Lipinski definition) is 19. The molecule has 0 radical (unpaired) electrons. The van der Waals surface area contributed by atoms with Crippen LogP contribution in [-0.4, -0.2) is 305 Å². The number of rotatable bonds is 25. The Bertz CT molecular complexity index is 1890. The number of nitrogens with one attached hydrogen (secondary N) is 3. The molecule has 0 aliphatic carbocycles. The molecule has 33 heteroatoms. The molecule has 3 amide bonds. The van der Waals surface area contributed by atoms with Crippen LogP contribution in [-0.2, 0) is 66.5 Å². The minimum Gasteiger partial charge on any atom is -0.477 e. The number of carbonyl (C=O) groups is 4. The zero-order chi connectivity index (χ0) is 57.2. The third-order valence-electron chi connectivity index (χ3n) is 13.6. The summed E-state index contributed by atoms with van der Waals surface area (Å²) >= 11 is 0. The molecule has 0 aromatic rings. The van der Waals surface area contributed by atoms with Gasteiger partial charge in [-0.3, -0.25) is 14.4 Å². The van der Waals surface area contributed by atoms with Crippen molar-refractivity contribution in [3.8, 4) is 0 Å². The summed E-state index contributed by atoms with van der Waals surface area (Å²) in [6.45, 7) is -1.86. The summed E-state index contributed by atoms with van der Waals surface area (Å²) in [4.78, 5) is 51.1. The number of nitrogens with two attached hydrogens (primary N) is 1. The lowest BCUT2D eigenvalue weighted by Gasteiger charge is -2.52. The molecule has 5 saturated heterocycles. The van der Waals surface area contributed by atoms with Gasteiger partial charge in [-0.1, -0.05) is 0 Å². The first-order valence-electron chi connectivity index (χ1n) is 24.9. The molecule has 5 fully saturated rings. The highest BCUT2D eigenvalue weighted by molar-refractivity contribution is 5.77. The van der Waals surface area contributed by atoms with E-state index in [0.717, 1.165) is 20.8 Å². The van der Waals surface area contributed by atoms with E-state index in [2.05, 4.69) is 16.0 Å². The van der Waals surface area contributed by atoms with Gasteiger partial charge >= 0.3 is 5.97 Å². The van der Waals surface area contributed by atoms with E-state index in [1.807, 2.05) is 0 Å². The van der Waals surface area contributed by atoms with Gasteiger partial charge in [-0.25, -0.2) is 4.79 Å². The normalized spacial score (nSPS) is 42.4. The van der Waals surface area contributed by atoms with Crippen LogP contribution in [0.1, 0.15) is 46.5 Å². The van der Waals surface area contributed by atoms with Crippen LogP contribution < -0.4 is 21.7 Å². The van der Waals surface area contributed by atoms with E-state index in [0.29, 0.717) is 25.8 Å². The molecule has 0 bridgehead atoms. The monoisotopic (exact) mass is 1120 g/mol. The second-order valence-corrected chi connectivity index (χ2v) is 19.3. The molecule has 77 heavy (non-hydrogen) atoms. The van der Waals surface area contributed by atoms with Crippen molar-refractivity contribution in [2.24, 2.45) is 5.73 Å². The second-order valence-electron chi connectivity index (χ2n) is 19.3. The number of carboxylic acid groups (broad SMARTS) is 1. The molecule has 0 aromatic carbocycles. The number of amides is 3. The number of hydrogen-bond acceptors (Lipinski definition) is 29. The van der Waals surface area contributed by atoms with Gasteiger partial charge in [0.25, 0.3) is 5.79 Å². The van der Waals surface area contributed by atoms with E-state index < -0.39 is 222 Å². The van der Waals surface area contributed by atoms with Crippen molar-refractivity contribution in [1.29, 1.82) is 0 Å². The van der Waals surface area contributed by atoms with E-state index in [1.165, 1.54) is 0 Å². The van der Waals surface area contributed by atoms with Crippen molar-refractivity contribution >= 4 is 23.7 Å². The van der Waals surface area contributed by atoms with Crippen LogP contribution in [0.3, 0.4) is 0 Å². The number of aliphatic hydroxyl groups is 14. The maximum absolute atomic E-state index is 13.5. The molecule has 0 aromatic heterocycles. The molecule has 5 heterocycles. The fraction of sp³-hybridized carbons (Fsp3) is 0.909. The highest BCUT2D eigenvalue weighted by atomic mass is 16.8. The van der Waals surface area contributed by atoms with Gasteiger partial charge in [0.05, 0.1) is 45.2 Å².